The molecule has 0 spiro atoms. The van der Waals surface area contributed by atoms with Gasteiger partial charge in [0.1, 0.15) is 0 Å². The second-order valence-electron chi connectivity index (χ2n) is 7.71. The summed E-state index contributed by atoms with van der Waals surface area (Å²) < 4.78 is 2.25. The third-order valence-electron chi connectivity index (χ3n) is 5.38. The summed E-state index contributed by atoms with van der Waals surface area (Å²) in [7, 11) is 0. The van der Waals surface area contributed by atoms with Crippen molar-refractivity contribution in [1.29, 1.82) is 0 Å². The van der Waals surface area contributed by atoms with Crippen molar-refractivity contribution >= 4 is 5.78 Å². The van der Waals surface area contributed by atoms with Gasteiger partial charge in [-0.15, -0.1) is 0 Å². The van der Waals surface area contributed by atoms with Crippen molar-refractivity contribution in [1.82, 2.24) is 14.4 Å². The number of aromatic nitrogens is 1. The van der Waals surface area contributed by atoms with Crippen LogP contribution in [0.4, 0.5) is 0 Å². The lowest BCUT2D eigenvalue weighted by molar-refractivity contribution is 0.0843. The van der Waals surface area contributed by atoms with Gasteiger partial charge in [-0.3, -0.25) is 14.6 Å². The zero-order valence-corrected chi connectivity index (χ0v) is 16.5. The van der Waals surface area contributed by atoms with Gasteiger partial charge in [-0.2, -0.15) is 0 Å². The molecule has 26 heavy (non-hydrogen) atoms. The van der Waals surface area contributed by atoms with Crippen LogP contribution in [0.15, 0.2) is 36.4 Å². The average molecular weight is 354 g/mol. The van der Waals surface area contributed by atoms with Gasteiger partial charge in [-0.05, 0) is 39.3 Å². The van der Waals surface area contributed by atoms with Crippen LogP contribution in [0.1, 0.15) is 47.2 Å². The molecule has 0 amide bonds. The fourth-order valence-corrected chi connectivity index (χ4v) is 4.09. The molecular formula is C22H31N3O. The maximum absolute atomic E-state index is 12.8. The second kappa shape index (κ2) is 8.19. The van der Waals surface area contributed by atoms with E-state index in [2.05, 4.69) is 78.5 Å². The average Bonchev–Trinajstić information content (AvgIpc) is 2.92. The van der Waals surface area contributed by atoms with Crippen molar-refractivity contribution in [2.75, 3.05) is 32.7 Å². The van der Waals surface area contributed by atoms with Gasteiger partial charge in [-0.1, -0.05) is 30.3 Å². The summed E-state index contributed by atoms with van der Waals surface area (Å²) in [6.07, 6.45) is 0. The summed E-state index contributed by atoms with van der Waals surface area (Å²) in [5.74, 6) is 0.251. The number of carbonyl (C=O) groups is 1. The highest BCUT2D eigenvalue weighted by Crippen LogP contribution is 2.21. The molecule has 1 aliphatic heterocycles. The first-order valence-electron chi connectivity index (χ1n) is 9.66. The molecule has 0 bridgehead atoms. The summed E-state index contributed by atoms with van der Waals surface area (Å²) in [6, 6.07) is 13.1. The van der Waals surface area contributed by atoms with Gasteiger partial charge in [0, 0.05) is 55.7 Å². The van der Waals surface area contributed by atoms with Gasteiger partial charge in [0.25, 0.3) is 0 Å². The van der Waals surface area contributed by atoms with Gasteiger partial charge in [0.15, 0.2) is 5.78 Å². The van der Waals surface area contributed by atoms with Crippen LogP contribution in [0.2, 0.25) is 0 Å². The predicted octanol–water partition coefficient (Wildman–Crippen LogP) is 3.69. The van der Waals surface area contributed by atoms with Crippen LogP contribution in [-0.4, -0.2) is 52.9 Å². The van der Waals surface area contributed by atoms with Crippen LogP contribution in [0, 0.1) is 13.8 Å². The molecule has 0 atom stereocenters. The Morgan fingerprint density at radius 2 is 1.62 bits per heavy atom. The van der Waals surface area contributed by atoms with Gasteiger partial charge in [0.05, 0.1) is 6.54 Å². The Bertz CT molecular complexity index is 740. The third kappa shape index (κ3) is 4.25. The van der Waals surface area contributed by atoms with Crippen LogP contribution in [-0.2, 0) is 6.54 Å². The van der Waals surface area contributed by atoms with Gasteiger partial charge in [-0.25, -0.2) is 0 Å². The molecule has 0 radical (unpaired) electrons. The topological polar surface area (TPSA) is 28.5 Å². The van der Waals surface area contributed by atoms with Crippen LogP contribution in [0.5, 0.6) is 0 Å². The number of benzene rings is 1. The number of aryl methyl sites for hydroxylation is 1. The standard InChI is InChI=1S/C22H31N3O/c1-17(2)25-18(3)14-21(19(25)4)22(26)16-24-12-10-23(11-13-24)15-20-8-6-5-7-9-20/h5-9,14,17H,10-13,15-16H2,1-4H3. The van der Waals surface area contributed by atoms with E-state index in [9.17, 15) is 4.79 Å². The first kappa shape index (κ1) is 18.9. The fraction of sp³-hybridized carbons (Fsp3) is 0.500. The highest BCUT2D eigenvalue weighted by molar-refractivity contribution is 5.99. The number of carbonyl (C=O) groups excluding carboxylic acids is 1. The normalized spacial score (nSPS) is 16.3. The predicted molar refractivity (Wildman–Crippen MR) is 107 cm³/mol. The van der Waals surface area contributed by atoms with E-state index < -0.39 is 0 Å². The summed E-state index contributed by atoms with van der Waals surface area (Å²) in [5, 5.41) is 0. The zero-order valence-electron chi connectivity index (χ0n) is 16.5. The maximum Gasteiger partial charge on any atom is 0.178 e. The smallest absolute Gasteiger partial charge is 0.178 e. The fourth-order valence-electron chi connectivity index (χ4n) is 4.09. The van der Waals surface area contributed by atoms with E-state index in [-0.39, 0.29) is 5.78 Å². The van der Waals surface area contributed by atoms with E-state index in [0.717, 1.165) is 44.0 Å². The number of rotatable bonds is 6. The molecule has 2 heterocycles. The Hall–Kier alpha value is -1.91. The highest BCUT2D eigenvalue weighted by atomic mass is 16.1. The van der Waals surface area contributed by atoms with E-state index in [1.165, 1.54) is 11.3 Å². The number of piperazine rings is 1. The molecule has 1 saturated heterocycles. The minimum absolute atomic E-state index is 0.251. The lowest BCUT2D eigenvalue weighted by atomic mass is 10.1. The summed E-state index contributed by atoms with van der Waals surface area (Å²) in [4.78, 5) is 17.6. The summed E-state index contributed by atoms with van der Waals surface area (Å²) >= 11 is 0. The van der Waals surface area contributed by atoms with E-state index in [4.69, 9.17) is 0 Å². The minimum atomic E-state index is 0.251. The molecule has 4 heteroatoms. The highest BCUT2D eigenvalue weighted by Gasteiger charge is 2.22. The Balaban J connectivity index is 1.55. The molecule has 4 nitrogen and oxygen atoms in total. The largest absolute Gasteiger partial charge is 0.346 e. The maximum atomic E-state index is 12.8. The summed E-state index contributed by atoms with van der Waals surface area (Å²) in [6.45, 7) is 14.0. The molecule has 0 unspecified atom stereocenters. The van der Waals surface area contributed by atoms with Crippen LogP contribution >= 0.6 is 0 Å². The molecule has 1 aliphatic rings. The van der Waals surface area contributed by atoms with Crippen LogP contribution in [0.25, 0.3) is 0 Å². The first-order valence-corrected chi connectivity index (χ1v) is 9.66. The molecule has 0 saturated carbocycles. The number of nitrogens with zero attached hydrogens (tertiary/aromatic N) is 3. The molecule has 1 fully saturated rings. The second-order valence-corrected chi connectivity index (χ2v) is 7.71. The molecular weight excluding hydrogens is 322 g/mol. The molecule has 1 aromatic heterocycles. The number of Topliss-reactive ketones (excluding diaryl/α,β-unsaturated/α-hetero) is 1. The van der Waals surface area contributed by atoms with Gasteiger partial charge in [0.2, 0.25) is 0 Å². The van der Waals surface area contributed by atoms with E-state index in [1.54, 1.807) is 0 Å². The number of ketones is 1. The number of hydrogen-bond acceptors (Lipinski definition) is 3. The van der Waals surface area contributed by atoms with Crippen molar-refractivity contribution in [3.8, 4) is 0 Å². The Kier molecular flexibility index (Phi) is 5.94. The van der Waals surface area contributed by atoms with Crippen LogP contribution in [0.3, 0.4) is 0 Å². The van der Waals surface area contributed by atoms with E-state index >= 15 is 0 Å². The van der Waals surface area contributed by atoms with Crippen molar-refractivity contribution < 1.29 is 4.79 Å². The van der Waals surface area contributed by atoms with Crippen molar-refractivity contribution in [2.24, 2.45) is 0 Å². The number of hydrogen-bond donors (Lipinski definition) is 0. The zero-order chi connectivity index (χ0) is 18.7. The molecule has 0 aliphatic carbocycles. The lowest BCUT2D eigenvalue weighted by Crippen LogP contribution is -2.47. The first-order chi connectivity index (χ1) is 12.5. The summed E-state index contributed by atoms with van der Waals surface area (Å²) in [5.41, 5.74) is 4.53. The SMILES string of the molecule is Cc1cc(C(=O)CN2CCN(Cc3ccccc3)CC2)c(C)n1C(C)C. The van der Waals surface area contributed by atoms with Crippen molar-refractivity contribution in [2.45, 2.75) is 40.3 Å². The lowest BCUT2D eigenvalue weighted by Gasteiger charge is -2.34. The molecule has 2 aromatic rings. The van der Waals surface area contributed by atoms with E-state index in [1.807, 2.05) is 0 Å². The molecule has 0 N–H and O–H groups in total. The molecule has 3 rings (SSSR count). The Labute approximate surface area is 157 Å². The monoisotopic (exact) mass is 353 g/mol. The minimum Gasteiger partial charge on any atom is -0.346 e. The third-order valence-corrected chi connectivity index (χ3v) is 5.38. The van der Waals surface area contributed by atoms with Crippen LogP contribution < -0.4 is 0 Å². The van der Waals surface area contributed by atoms with Crippen molar-refractivity contribution in [3.63, 3.8) is 0 Å². The molecule has 1 aromatic carbocycles. The Morgan fingerprint density at radius 3 is 2.19 bits per heavy atom. The van der Waals surface area contributed by atoms with Crippen molar-refractivity contribution in [3.05, 3.63) is 58.9 Å². The quantitative estimate of drug-likeness (QED) is 0.742. The van der Waals surface area contributed by atoms with Gasteiger partial charge >= 0.3 is 0 Å². The Morgan fingerprint density at radius 1 is 1.00 bits per heavy atom. The molecule has 140 valence electrons. The van der Waals surface area contributed by atoms with Gasteiger partial charge < -0.3 is 4.57 Å². The van der Waals surface area contributed by atoms with E-state index in [0.29, 0.717) is 12.6 Å².